The highest BCUT2D eigenvalue weighted by atomic mass is 16.6. The molecule has 1 heterocycles. The first kappa shape index (κ1) is 17.1. The Balaban J connectivity index is 2.80. The van der Waals surface area contributed by atoms with Crippen molar-refractivity contribution in [3.05, 3.63) is 15.8 Å². The molecule has 2 N–H and O–H groups in total. The van der Waals surface area contributed by atoms with E-state index in [0.29, 0.717) is 17.5 Å². The smallest absolute Gasteiger partial charge is 0.332 e. The van der Waals surface area contributed by atoms with Crippen LogP contribution in [-0.4, -0.2) is 28.0 Å². The average Bonchev–Trinajstić information content (AvgIpc) is 2.42. The van der Waals surface area contributed by atoms with Crippen LogP contribution in [0.2, 0.25) is 0 Å². The Bertz CT molecular complexity index is 479. The maximum atomic E-state index is 11.2. The molecular formula is C14H25N5O2. The fourth-order valence-corrected chi connectivity index (χ4v) is 2.18. The van der Waals surface area contributed by atoms with Gasteiger partial charge >= 0.3 is 5.69 Å². The lowest BCUT2D eigenvalue weighted by Crippen LogP contribution is -2.18. The summed E-state index contributed by atoms with van der Waals surface area (Å²) in [6, 6.07) is 0.138. The van der Waals surface area contributed by atoms with Crippen molar-refractivity contribution >= 4 is 17.5 Å². The molecule has 0 aliphatic rings. The SMILES string of the molecule is CCCCCCC(C)Nc1nc(NC)nc(C)c1[N+](=O)[O-]. The number of nitrogens with one attached hydrogen (secondary N) is 2. The first-order valence-corrected chi connectivity index (χ1v) is 7.46. The van der Waals surface area contributed by atoms with E-state index in [0.717, 1.165) is 12.8 Å². The molecule has 118 valence electrons. The largest absolute Gasteiger partial charge is 0.362 e. The zero-order valence-electron chi connectivity index (χ0n) is 13.3. The molecule has 21 heavy (non-hydrogen) atoms. The number of hydrogen-bond acceptors (Lipinski definition) is 6. The van der Waals surface area contributed by atoms with Gasteiger partial charge in [0.15, 0.2) is 0 Å². The zero-order chi connectivity index (χ0) is 15.8. The number of anilines is 2. The van der Waals surface area contributed by atoms with Gasteiger partial charge in [0, 0.05) is 13.1 Å². The Morgan fingerprint density at radius 1 is 1.29 bits per heavy atom. The summed E-state index contributed by atoms with van der Waals surface area (Å²) in [5.74, 6) is 0.679. The van der Waals surface area contributed by atoms with Crippen LogP contribution in [0.1, 0.15) is 51.6 Å². The molecule has 0 fully saturated rings. The summed E-state index contributed by atoms with van der Waals surface area (Å²) >= 11 is 0. The van der Waals surface area contributed by atoms with E-state index in [1.807, 2.05) is 6.92 Å². The van der Waals surface area contributed by atoms with Crippen LogP contribution in [0.5, 0.6) is 0 Å². The third-order valence-electron chi connectivity index (χ3n) is 3.34. The highest BCUT2D eigenvalue weighted by Crippen LogP contribution is 2.27. The summed E-state index contributed by atoms with van der Waals surface area (Å²) in [4.78, 5) is 19.0. The van der Waals surface area contributed by atoms with Crippen molar-refractivity contribution in [1.29, 1.82) is 0 Å². The van der Waals surface area contributed by atoms with Gasteiger partial charge in [0.1, 0.15) is 5.69 Å². The topological polar surface area (TPSA) is 93.0 Å². The van der Waals surface area contributed by atoms with E-state index >= 15 is 0 Å². The van der Waals surface area contributed by atoms with Gasteiger partial charge in [-0.05, 0) is 20.3 Å². The fourth-order valence-electron chi connectivity index (χ4n) is 2.18. The second-order valence-electron chi connectivity index (χ2n) is 5.23. The van der Waals surface area contributed by atoms with Crippen LogP contribution in [0.15, 0.2) is 0 Å². The van der Waals surface area contributed by atoms with E-state index in [1.165, 1.54) is 19.3 Å². The molecule has 0 radical (unpaired) electrons. The number of aryl methyl sites for hydroxylation is 1. The number of aromatic nitrogens is 2. The molecule has 0 saturated heterocycles. The summed E-state index contributed by atoms with van der Waals surface area (Å²) < 4.78 is 0. The summed E-state index contributed by atoms with van der Waals surface area (Å²) in [6.07, 6.45) is 5.69. The first-order chi connectivity index (χ1) is 9.99. The standard InChI is InChI=1S/C14H25N5O2/c1-5-6-7-8-9-10(2)16-13-12(19(20)21)11(3)17-14(15-4)18-13/h10H,5-9H2,1-4H3,(H2,15,16,17,18). The van der Waals surface area contributed by atoms with Crippen LogP contribution in [0, 0.1) is 17.0 Å². The molecule has 1 aromatic heterocycles. The normalized spacial score (nSPS) is 12.0. The van der Waals surface area contributed by atoms with Crippen LogP contribution in [0.3, 0.4) is 0 Å². The average molecular weight is 295 g/mol. The van der Waals surface area contributed by atoms with Crippen molar-refractivity contribution in [3.63, 3.8) is 0 Å². The lowest BCUT2D eigenvalue weighted by molar-refractivity contribution is -0.385. The van der Waals surface area contributed by atoms with Gasteiger partial charge in [-0.25, -0.2) is 4.98 Å². The lowest BCUT2D eigenvalue weighted by atomic mass is 10.1. The summed E-state index contributed by atoms with van der Waals surface area (Å²) in [7, 11) is 1.69. The van der Waals surface area contributed by atoms with Crippen molar-refractivity contribution in [2.24, 2.45) is 0 Å². The van der Waals surface area contributed by atoms with Gasteiger partial charge in [-0.3, -0.25) is 10.1 Å². The zero-order valence-corrected chi connectivity index (χ0v) is 13.3. The molecule has 0 amide bonds. The number of rotatable bonds is 9. The van der Waals surface area contributed by atoms with Gasteiger partial charge in [0.25, 0.3) is 0 Å². The second-order valence-corrected chi connectivity index (χ2v) is 5.23. The van der Waals surface area contributed by atoms with Crippen molar-refractivity contribution in [2.45, 2.75) is 58.9 Å². The maximum absolute atomic E-state index is 11.2. The lowest BCUT2D eigenvalue weighted by Gasteiger charge is -2.15. The minimum absolute atomic E-state index is 0.0468. The van der Waals surface area contributed by atoms with Gasteiger partial charge in [-0.15, -0.1) is 0 Å². The van der Waals surface area contributed by atoms with Gasteiger partial charge in [0.05, 0.1) is 4.92 Å². The van der Waals surface area contributed by atoms with Crippen LogP contribution in [-0.2, 0) is 0 Å². The molecule has 1 unspecified atom stereocenters. The van der Waals surface area contributed by atoms with Crippen molar-refractivity contribution in [2.75, 3.05) is 17.7 Å². The molecule has 0 spiro atoms. The predicted octanol–water partition coefficient (Wildman–Crippen LogP) is 3.51. The minimum atomic E-state index is -0.430. The van der Waals surface area contributed by atoms with Crippen LogP contribution < -0.4 is 10.6 Å². The van der Waals surface area contributed by atoms with Crippen molar-refractivity contribution < 1.29 is 4.92 Å². The highest BCUT2D eigenvalue weighted by molar-refractivity contribution is 5.61. The van der Waals surface area contributed by atoms with E-state index < -0.39 is 4.92 Å². The first-order valence-electron chi connectivity index (χ1n) is 7.46. The van der Waals surface area contributed by atoms with E-state index in [2.05, 4.69) is 27.5 Å². The van der Waals surface area contributed by atoms with Crippen LogP contribution >= 0.6 is 0 Å². The molecule has 0 aromatic carbocycles. The molecule has 0 aliphatic heterocycles. The Labute approximate surface area is 125 Å². The number of hydrogen-bond donors (Lipinski definition) is 2. The molecule has 1 atom stereocenters. The van der Waals surface area contributed by atoms with Gasteiger partial charge in [0.2, 0.25) is 11.8 Å². The summed E-state index contributed by atoms with van der Waals surface area (Å²) in [6.45, 7) is 5.82. The van der Waals surface area contributed by atoms with Gasteiger partial charge < -0.3 is 10.6 Å². The minimum Gasteiger partial charge on any atom is -0.362 e. The molecule has 7 heteroatoms. The molecule has 7 nitrogen and oxygen atoms in total. The highest BCUT2D eigenvalue weighted by Gasteiger charge is 2.22. The molecule has 0 saturated carbocycles. The predicted molar refractivity (Wildman–Crippen MR) is 84.8 cm³/mol. The molecular weight excluding hydrogens is 270 g/mol. The monoisotopic (exact) mass is 295 g/mol. The summed E-state index contributed by atoms with van der Waals surface area (Å²) in [5.41, 5.74) is 0.314. The van der Waals surface area contributed by atoms with Crippen LogP contribution in [0.25, 0.3) is 0 Å². The number of unbranched alkanes of at least 4 members (excludes halogenated alkanes) is 3. The third-order valence-corrected chi connectivity index (χ3v) is 3.34. The van der Waals surface area contributed by atoms with Gasteiger partial charge in [-0.1, -0.05) is 32.6 Å². The summed E-state index contributed by atoms with van der Waals surface area (Å²) in [5, 5.41) is 17.2. The molecule has 0 aliphatic carbocycles. The second kappa shape index (κ2) is 8.39. The molecule has 1 aromatic rings. The Hall–Kier alpha value is -1.92. The van der Waals surface area contributed by atoms with E-state index in [1.54, 1.807) is 14.0 Å². The number of nitro groups is 1. The quantitative estimate of drug-likeness (QED) is 0.411. The third kappa shape index (κ3) is 5.17. The van der Waals surface area contributed by atoms with Crippen LogP contribution in [0.4, 0.5) is 17.5 Å². The molecule has 1 rings (SSSR count). The maximum Gasteiger partial charge on any atom is 0.332 e. The Kier molecular flexibility index (Phi) is 6.84. The van der Waals surface area contributed by atoms with Crippen molar-refractivity contribution in [3.8, 4) is 0 Å². The van der Waals surface area contributed by atoms with Crippen molar-refractivity contribution in [1.82, 2.24) is 9.97 Å². The van der Waals surface area contributed by atoms with E-state index in [-0.39, 0.29) is 11.7 Å². The van der Waals surface area contributed by atoms with E-state index in [4.69, 9.17) is 0 Å². The molecule has 0 bridgehead atoms. The Morgan fingerprint density at radius 2 is 2.00 bits per heavy atom. The fraction of sp³-hybridized carbons (Fsp3) is 0.714. The van der Waals surface area contributed by atoms with E-state index in [9.17, 15) is 10.1 Å². The van der Waals surface area contributed by atoms with Gasteiger partial charge in [-0.2, -0.15) is 4.98 Å². The number of nitrogens with zero attached hydrogens (tertiary/aromatic N) is 3. The Morgan fingerprint density at radius 3 is 2.57 bits per heavy atom.